The van der Waals surface area contributed by atoms with Gasteiger partial charge in [-0.15, -0.1) is 0 Å². The molecule has 3 nitrogen and oxygen atoms in total. The first-order valence-electron chi connectivity index (χ1n) is 6.56. The first-order chi connectivity index (χ1) is 10.0. The number of carbonyl (C=O) groups is 1. The van der Waals surface area contributed by atoms with Crippen LogP contribution in [-0.2, 0) is 13.0 Å². The zero-order chi connectivity index (χ0) is 15.4. The molecule has 2 N–H and O–H groups in total. The van der Waals surface area contributed by atoms with Crippen molar-refractivity contribution >= 4 is 11.7 Å². The maximum atomic E-state index is 13.8. The summed E-state index contributed by atoms with van der Waals surface area (Å²) in [6, 6.07) is 9.21. The molecule has 0 amide bonds. The van der Waals surface area contributed by atoms with E-state index in [1.807, 2.05) is 31.2 Å². The van der Waals surface area contributed by atoms with Crippen LogP contribution in [0.25, 0.3) is 0 Å². The lowest BCUT2D eigenvalue weighted by Crippen LogP contribution is -2.08. The highest BCUT2D eigenvalue weighted by molar-refractivity contribution is 5.88. The number of benzene rings is 2. The third-order valence-corrected chi connectivity index (χ3v) is 3.24. The van der Waals surface area contributed by atoms with E-state index in [0.29, 0.717) is 0 Å². The summed E-state index contributed by atoms with van der Waals surface area (Å²) in [5.41, 5.74) is 1.31. The molecule has 0 aliphatic rings. The molecule has 0 atom stereocenters. The number of hydrogen-bond donors (Lipinski definition) is 2. The van der Waals surface area contributed by atoms with E-state index in [0.717, 1.165) is 29.7 Å². The topological polar surface area (TPSA) is 49.3 Å². The van der Waals surface area contributed by atoms with Gasteiger partial charge in [-0.05, 0) is 29.7 Å². The summed E-state index contributed by atoms with van der Waals surface area (Å²) in [5.74, 6) is -3.20. The second-order valence-corrected chi connectivity index (χ2v) is 4.60. The molecule has 0 heterocycles. The highest BCUT2D eigenvalue weighted by atomic mass is 19.1. The highest BCUT2D eigenvalue weighted by Gasteiger charge is 2.14. The summed E-state index contributed by atoms with van der Waals surface area (Å²) in [7, 11) is 0. The van der Waals surface area contributed by atoms with Gasteiger partial charge in [0.1, 0.15) is 17.3 Å². The zero-order valence-electron chi connectivity index (χ0n) is 11.5. The fourth-order valence-corrected chi connectivity index (χ4v) is 2.12. The van der Waals surface area contributed by atoms with Crippen LogP contribution >= 0.6 is 0 Å². The van der Waals surface area contributed by atoms with Gasteiger partial charge in [0.05, 0.1) is 5.56 Å². The third kappa shape index (κ3) is 3.37. The first kappa shape index (κ1) is 15.0. The highest BCUT2D eigenvalue weighted by Crippen LogP contribution is 2.22. The molecule has 110 valence electrons. The van der Waals surface area contributed by atoms with E-state index >= 15 is 0 Å². The summed E-state index contributed by atoms with van der Waals surface area (Å²) in [6.45, 7) is 2.27. The van der Waals surface area contributed by atoms with Crippen molar-refractivity contribution in [2.45, 2.75) is 19.9 Å². The molecule has 0 spiro atoms. The molecule has 0 saturated carbocycles. The van der Waals surface area contributed by atoms with Crippen LogP contribution in [0.5, 0.6) is 0 Å². The van der Waals surface area contributed by atoms with E-state index in [1.54, 1.807) is 0 Å². The maximum Gasteiger partial charge on any atom is 0.335 e. The quantitative estimate of drug-likeness (QED) is 0.880. The van der Waals surface area contributed by atoms with Gasteiger partial charge in [0.2, 0.25) is 0 Å². The fraction of sp³-hybridized carbons (Fsp3) is 0.188. The van der Waals surface area contributed by atoms with Gasteiger partial charge in [-0.3, -0.25) is 0 Å². The Morgan fingerprint density at radius 1 is 1.14 bits per heavy atom. The SMILES string of the molecule is CCc1ccccc1CNc1c(F)cc(C(=O)O)cc1F. The molecule has 0 unspecified atom stereocenters. The second kappa shape index (κ2) is 6.35. The Labute approximate surface area is 121 Å². The van der Waals surface area contributed by atoms with Crippen molar-refractivity contribution in [3.05, 3.63) is 64.7 Å². The number of carboxylic acid groups (broad SMARTS) is 1. The van der Waals surface area contributed by atoms with Crippen LogP contribution in [0.2, 0.25) is 0 Å². The Morgan fingerprint density at radius 2 is 1.71 bits per heavy atom. The normalized spacial score (nSPS) is 10.4. The zero-order valence-corrected chi connectivity index (χ0v) is 11.5. The Kier molecular flexibility index (Phi) is 4.52. The smallest absolute Gasteiger partial charge is 0.335 e. The summed E-state index contributed by atoms with van der Waals surface area (Å²) >= 11 is 0. The fourth-order valence-electron chi connectivity index (χ4n) is 2.12. The monoisotopic (exact) mass is 291 g/mol. The van der Waals surface area contributed by atoms with Crippen molar-refractivity contribution in [3.63, 3.8) is 0 Å². The Balaban J connectivity index is 2.22. The van der Waals surface area contributed by atoms with Gasteiger partial charge in [-0.25, -0.2) is 13.6 Å². The molecule has 21 heavy (non-hydrogen) atoms. The number of rotatable bonds is 5. The summed E-state index contributed by atoms with van der Waals surface area (Å²) < 4.78 is 27.6. The summed E-state index contributed by atoms with van der Waals surface area (Å²) in [4.78, 5) is 10.7. The molecule has 0 saturated heterocycles. The number of carboxylic acids is 1. The lowest BCUT2D eigenvalue weighted by atomic mass is 10.1. The number of anilines is 1. The second-order valence-electron chi connectivity index (χ2n) is 4.60. The third-order valence-electron chi connectivity index (χ3n) is 3.24. The molecule has 0 bridgehead atoms. The van der Waals surface area contributed by atoms with Crippen molar-refractivity contribution in [1.29, 1.82) is 0 Å². The summed E-state index contributed by atoms with van der Waals surface area (Å²) in [6.07, 6.45) is 0.820. The Bertz CT molecular complexity index is 648. The van der Waals surface area contributed by atoms with E-state index in [-0.39, 0.29) is 12.2 Å². The predicted octanol–water partition coefficient (Wildman–Crippen LogP) is 3.84. The molecule has 2 aromatic rings. The maximum absolute atomic E-state index is 13.8. The molecule has 0 aliphatic carbocycles. The van der Waals surface area contributed by atoms with Crippen LogP contribution in [0, 0.1) is 11.6 Å². The minimum atomic E-state index is -1.37. The van der Waals surface area contributed by atoms with Gasteiger partial charge in [0.25, 0.3) is 0 Å². The van der Waals surface area contributed by atoms with E-state index in [4.69, 9.17) is 5.11 Å². The minimum Gasteiger partial charge on any atom is -0.478 e. The van der Waals surface area contributed by atoms with Gasteiger partial charge in [-0.1, -0.05) is 31.2 Å². The van der Waals surface area contributed by atoms with Crippen molar-refractivity contribution < 1.29 is 18.7 Å². The van der Waals surface area contributed by atoms with Crippen molar-refractivity contribution in [1.82, 2.24) is 0 Å². The van der Waals surface area contributed by atoms with Crippen molar-refractivity contribution in [2.24, 2.45) is 0 Å². The average molecular weight is 291 g/mol. The average Bonchev–Trinajstić information content (AvgIpc) is 2.46. The van der Waals surface area contributed by atoms with Crippen molar-refractivity contribution in [3.8, 4) is 0 Å². The van der Waals surface area contributed by atoms with Gasteiger partial charge >= 0.3 is 5.97 Å². The molecule has 0 aromatic heterocycles. The number of nitrogens with one attached hydrogen (secondary N) is 1. The van der Waals surface area contributed by atoms with Crippen LogP contribution in [0.4, 0.5) is 14.5 Å². The van der Waals surface area contributed by atoms with Gasteiger partial charge in [0, 0.05) is 6.54 Å². The standard InChI is InChI=1S/C16H15F2NO2/c1-2-10-5-3-4-6-11(10)9-19-15-13(17)7-12(16(20)21)8-14(15)18/h3-8,19H,2,9H2,1H3,(H,20,21). The van der Waals surface area contributed by atoms with E-state index in [9.17, 15) is 13.6 Å². The first-order valence-corrected chi connectivity index (χ1v) is 6.56. The van der Waals surface area contributed by atoms with E-state index in [2.05, 4.69) is 5.32 Å². The van der Waals surface area contributed by atoms with Crippen LogP contribution in [-0.4, -0.2) is 11.1 Å². The van der Waals surface area contributed by atoms with Crippen LogP contribution < -0.4 is 5.32 Å². The number of halogens is 2. The van der Waals surface area contributed by atoms with Crippen LogP contribution in [0.1, 0.15) is 28.4 Å². The largest absolute Gasteiger partial charge is 0.478 e. The number of aromatic carboxylic acids is 1. The minimum absolute atomic E-state index is 0.268. The lowest BCUT2D eigenvalue weighted by Gasteiger charge is -2.12. The molecule has 0 aliphatic heterocycles. The Morgan fingerprint density at radius 3 is 2.24 bits per heavy atom. The molecule has 2 rings (SSSR count). The number of aryl methyl sites for hydroxylation is 1. The predicted molar refractivity (Wildman–Crippen MR) is 76.5 cm³/mol. The molecule has 5 heteroatoms. The van der Waals surface area contributed by atoms with E-state index in [1.165, 1.54) is 0 Å². The molecular weight excluding hydrogens is 276 g/mol. The Hall–Kier alpha value is -2.43. The van der Waals surface area contributed by atoms with Crippen LogP contribution in [0.15, 0.2) is 36.4 Å². The van der Waals surface area contributed by atoms with Gasteiger partial charge in [-0.2, -0.15) is 0 Å². The van der Waals surface area contributed by atoms with Gasteiger partial charge in [0.15, 0.2) is 0 Å². The van der Waals surface area contributed by atoms with Crippen LogP contribution in [0.3, 0.4) is 0 Å². The molecule has 0 fully saturated rings. The molecular formula is C16H15F2NO2. The molecule has 0 radical (unpaired) electrons. The molecule has 2 aromatic carbocycles. The summed E-state index contributed by atoms with van der Waals surface area (Å²) in [5, 5.41) is 11.4. The van der Waals surface area contributed by atoms with Crippen molar-refractivity contribution in [2.75, 3.05) is 5.32 Å². The van der Waals surface area contributed by atoms with E-state index < -0.39 is 23.2 Å². The number of hydrogen-bond acceptors (Lipinski definition) is 2. The lowest BCUT2D eigenvalue weighted by molar-refractivity contribution is 0.0696. The van der Waals surface area contributed by atoms with Gasteiger partial charge < -0.3 is 10.4 Å².